The van der Waals surface area contributed by atoms with Gasteiger partial charge in [0.25, 0.3) is 0 Å². The van der Waals surface area contributed by atoms with Crippen molar-refractivity contribution >= 4 is 23.9 Å². The van der Waals surface area contributed by atoms with Crippen molar-refractivity contribution < 1.29 is 38.1 Å². The lowest BCUT2D eigenvalue weighted by atomic mass is 9.92. The molecule has 0 fully saturated rings. The van der Waals surface area contributed by atoms with Crippen molar-refractivity contribution in [1.82, 2.24) is 0 Å². The van der Waals surface area contributed by atoms with Crippen molar-refractivity contribution in [1.29, 1.82) is 0 Å². The molecule has 0 heterocycles. The maximum Gasteiger partial charge on any atom is 0.305 e. The van der Waals surface area contributed by atoms with E-state index in [1.165, 1.54) is 128 Å². The van der Waals surface area contributed by atoms with Gasteiger partial charge in [0.2, 0.25) is 0 Å². The Kier molecular flexibility index (Phi) is 42.9. The molecule has 65 heavy (non-hydrogen) atoms. The Bertz CT molecular complexity index is 941. The molecule has 0 aliphatic carbocycles. The van der Waals surface area contributed by atoms with E-state index in [-0.39, 0.29) is 76.0 Å². The van der Waals surface area contributed by atoms with Crippen LogP contribution in [0.15, 0.2) is 0 Å². The lowest BCUT2D eigenvalue weighted by Gasteiger charge is -2.31. The van der Waals surface area contributed by atoms with Crippen LogP contribution >= 0.6 is 0 Å². The lowest BCUT2D eigenvalue weighted by molar-refractivity contribution is -0.170. The first-order valence-corrected chi connectivity index (χ1v) is 27.9. The van der Waals surface area contributed by atoms with Gasteiger partial charge in [-0.25, -0.2) is 0 Å². The number of carbonyl (C=O) groups is 4. The Balaban J connectivity index is 5.49. The molecule has 8 heteroatoms. The minimum Gasteiger partial charge on any atom is -0.465 e. The van der Waals surface area contributed by atoms with Crippen LogP contribution in [0.25, 0.3) is 0 Å². The van der Waals surface area contributed by atoms with Crippen LogP contribution in [-0.4, -0.2) is 50.3 Å². The Morgan fingerprint density at radius 2 is 0.415 bits per heavy atom. The van der Waals surface area contributed by atoms with E-state index in [9.17, 15) is 19.2 Å². The van der Waals surface area contributed by atoms with Gasteiger partial charge >= 0.3 is 23.9 Å². The molecule has 0 atom stereocenters. The summed E-state index contributed by atoms with van der Waals surface area (Å²) in [6.07, 6.45) is 37.2. The third kappa shape index (κ3) is 45.4. The van der Waals surface area contributed by atoms with Gasteiger partial charge in [0, 0.05) is 25.7 Å². The average Bonchev–Trinajstić information content (AvgIpc) is 3.25. The van der Waals surface area contributed by atoms with Crippen molar-refractivity contribution in [2.24, 2.45) is 29.1 Å². The predicted molar refractivity (Wildman–Crippen MR) is 272 cm³/mol. The zero-order valence-corrected chi connectivity index (χ0v) is 44.4. The summed E-state index contributed by atoms with van der Waals surface area (Å²) < 4.78 is 23.5. The third-order valence-corrected chi connectivity index (χ3v) is 12.8. The SMILES string of the molecule is CC(C)CCCCCCCCCC(=O)OCC(COC(=O)CCCCCCCCCC(C)C)(COC(=O)CCCCCCCCCC(C)C)COC(=O)CCCCCCCCCC(C)C. The standard InChI is InChI=1S/C57H108O8/c1-49(2)37-29-21-13-9-17-25-33-41-53(58)62-45-57(46-63-54(59)42-34-26-18-10-14-22-30-38-50(3)4,47-64-55(60)43-35-27-19-11-15-23-31-39-51(5)6)48-65-56(61)44-36-28-20-12-16-24-32-40-52(7)8/h49-52H,9-48H2,1-8H3. The van der Waals surface area contributed by atoms with Crippen LogP contribution in [0.1, 0.15) is 287 Å². The highest BCUT2D eigenvalue weighted by Crippen LogP contribution is 2.24. The molecule has 0 radical (unpaired) electrons. The van der Waals surface area contributed by atoms with Crippen LogP contribution in [-0.2, 0) is 38.1 Å². The Morgan fingerprint density at radius 3 is 0.585 bits per heavy atom. The molecule has 0 N–H and O–H groups in total. The lowest BCUT2D eigenvalue weighted by Crippen LogP contribution is -2.44. The van der Waals surface area contributed by atoms with Crippen molar-refractivity contribution in [3.05, 3.63) is 0 Å². The molecule has 8 nitrogen and oxygen atoms in total. The van der Waals surface area contributed by atoms with E-state index >= 15 is 0 Å². The van der Waals surface area contributed by atoms with E-state index in [1.807, 2.05) is 0 Å². The van der Waals surface area contributed by atoms with E-state index < -0.39 is 5.41 Å². The number of unbranched alkanes of at least 4 members (excludes halogenated alkanes) is 24. The Hall–Kier alpha value is -2.12. The predicted octanol–water partition coefficient (Wildman–Crippen LogP) is 16.8. The second kappa shape index (κ2) is 44.4. The summed E-state index contributed by atoms with van der Waals surface area (Å²) in [7, 11) is 0. The topological polar surface area (TPSA) is 105 Å². The van der Waals surface area contributed by atoms with Gasteiger partial charge in [0.05, 0.1) is 0 Å². The van der Waals surface area contributed by atoms with Gasteiger partial charge in [0.1, 0.15) is 31.8 Å². The van der Waals surface area contributed by atoms with Gasteiger partial charge in [-0.3, -0.25) is 19.2 Å². The molecule has 0 saturated heterocycles. The van der Waals surface area contributed by atoms with Crippen LogP contribution in [0.3, 0.4) is 0 Å². The van der Waals surface area contributed by atoms with Crippen molar-refractivity contribution in [3.63, 3.8) is 0 Å². The highest BCUT2D eigenvalue weighted by Gasteiger charge is 2.38. The first-order chi connectivity index (χ1) is 31.2. The smallest absolute Gasteiger partial charge is 0.305 e. The Morgan fingerprint density at radius 1 is 0.262 bits per heavy atom. The molecule has 0 aromatic carbocycles. The van der Waals surface area contributed by atoms with Gasteiger partial charge in [-0.15, -0.1) is 0 Å². The molecule has 0 saturated carbocycles. The van der Waals surface area contributed by atoms with Crippen LogP contribution in [0.2, 0.25) is 0 Å². The quantitative estimate of drug-likeness (QED) is 0.0338. The van der Waals surface area contributed by atoms with Crippen LogP contribution in [0.4, 0.5) is 0 Å². The molecule has 0 bridgehead atoms. The molecule has 0 aromatic heterocycles. The normalized spacial score (nSPS) is 11.9. The van der Waals surface area contributed by atoms with E-state index in [0.29, 0.717) is 0 Å². The number of hydrogen-bond acceptors (Lipinski definition) is 8. The van der Waals surface area contributed by atoms with Crippen molar-refractivity contribution in [2.75, 3.05) is 26.4 Å². The molecule has 0 amide bonds. The first-order valence-electron chi connectivity index (χ1n) is 27.9. The molecule has 0 aliphatic heterocycles. The van der Waals surface area contributed by atoms with E-state index in [0.717, 1.165) is 101 Å². The number of esters is 4. The van der Waals surface area contributed by atoms with Gasteiger partial charge in [-0.1, -0.05) is 235 Å². The number of hydrogen-bond donors (Lipinski definition) is 0. The summed E-state index contributed by atoms with van der Waals surface area (Å²) in [5, 5.41) is 0. The highest BCUT2D eigenvalue weighted by molar-refractivity contribution is 5.71. The van der Waals surface area contributed by atoms with Crippen LogP contribution in [0.5, 0.6) is 0 Å². The zero-order valence-electron chi connectivity index (χ0n) is 44.4. The molecule has 0 unspecified atom stereocenters. The van der Waals surface area contributed by atoms with Gasteiger partial charge in [-0.2, -0.15) is 0 Å². The van der Waals surface area contributed by atoms with Crippen molar-refractivity contribution in [3.8, 4) is 0 Å². The number of carbonyl (C=O) groups excluding carboxylic acids is 4. The summed E-state index contributed by atoms with van der Waals surface area (Å²) in [5.74, 6) is 1.65. The maximum absolute atomic E-state index is 13.1. The summed E-state index contributed by atoms with van der Waals surface area (Å²) in [5.41, 5.74) is -1.20. The fraction of sp³-hybridized carbons (Fsp3) is 0.930. The highest BCUT2D eigenvalue weighted by atomic mass is 16.6. The third-order valence-electron chi connectivity index (χ3n) is 12.8. The van der Waals surface area contributed by atoms with Crippen LogP contribution < -0.4 is 0 Å². The molecular formula is C57H108O8. The summed E-state index contributed by atoms with van der Waals surface area (Å²) in [4.78, 5) is 52.6. The van der Waals surface area contributed by atoms with E-state index in [2.05, 4.69) is 55.4 Å². The van der Waals surface area contributed by atoms with Gasteiger partial charge in [0.15, 0.2) is 0 Å². The maximum atomic E-state index is 13.1. The number of rotatable bonds is 48. The van der Waals surface area contributed by atoms with Crippen LogP contribution in [0, 0.1) is 29.1 Å². The second-order valence-electron chi connectivity index (χ2n) is 21.8. The minimum absolute atomic E-state index is 0.167. The molecule has 0 spiro atoms. The largest absolute Gasteiger partial charge is 0.465 e. The van der Waals surface area contributed by atoms with Crippen molar-refractivity contribution in [2.45, 2.75) is 287 Å². The fourth-order valence-corrected chi connectivity index (χ4v) is 8.30. The molecule has 0 aromatic rings. The fourth-order valence-electron chi connectivity index (χ4n) is 8.30. The van der Waals surface area contributed by atoms with E-state index in [4.69, 9.17) is 18.9 Å². The molecule has 0 rings (SSSR count). The monoisotopic (exact) mass is 921 g/mol. The average molecular weight is 921 g/mol. The van der Waals surface area contributed by atoms with E-state index in [1.54, 1.807) is 0 Å². The molecular weight excluding hydrogens is 813 g/mol. The Labute approximate surface area is 402 Å². The summed E-state index contributed by atoms with van der Waals surface area (Å²) >= 11 is 0. The van der Waals surface area contributed by atoms with Gasteiger partial charge < -0.3 is 18.9 Å². The summed E-state index contributed by atoms with van der Waals surface area (Å²) in [6.45, 7) is 17.5. The number of ether oxygens (including phenoxy) is 4. The molecule has 384 valence electrons. The first kappa shape index (κ1) is 62.9. The molecule has 0 aliphatic rings. The second-order valence-corrected chi connectivity index (χ2v) is 21.8. The zero-order chi connectivity index (χ0) is 48.2. The summed E-state index contributed by atoms with van der Waals surface area (Å²) in [6, 6.07) is 0. The van der Waals surface area contributed by atoms with Gasteiger partial charge in [-0.05, 0) is 49.4 Å². The minimum atomic E-state index is -1.20.